The molecule has 0 fully saturated rings. The molecule has 0 spiro atoms. The SMILES string of the molecule is CC(C)(C)C(C)(C)N=C(Nc1ccccc1)c1ccccc1. The van der Waals surface area contributed by atoms with Crippen molar-refractivity contribution < 1.29 is 0 Å². The van der Waals surface area contributed by atoms with Crippen molar-refractivity contribution in [3.8, 4) is 0 Å². The number of para-hydroxylation sites is 1. The van der Waals surface area contributed by atoms with Gasteiger partial charge in [-0.1, -0.05) is 69.3 Å². The lowest BCUT2D eigenvalue weighted by Crippen LogP contribution is -2.36. The minimum atomic E-state index is -0.181. The van der Waals surface area contributed by atoms with Crippen molar-refractivity contribution in [3.63, 3.8) is 0 Å². The molecule has 2 aromatic rings. The van der Waals surface area contributed by atoms with Gasteiger partial charge >= 0.3 is 0 Å². The standard InChI is InChI=1S/C20H26N2/c1-19(2,3)20(4,5)22-18(16-12-8-6-9-13-16)21-17-14-10-7-11-15-17/h6-15H,1-5H3,(H,21,22). The molecule has 0 heterocycles. The highest BCUT2D eigenvalue weighted by Crippen LogP contribution is 2.33. The molecule has 2 nitrogen and oxygen atoms in total. The molecule has 22 heavy (non-hydrogen) atoms. The van der Waals surface area contributed by atoms with Gasteiger partial charge in [-0.05, 0) is 31.4 Å². The summed E-state index contributed by atoms with van der Waals surface area (Å²) in [6.45, 7) is 11.0. The predicted molar refractivity (Wildman–Crippen MR) is 96.6 cm³/mol. The first-order valence-electron chi connectivity index (χ1n) is 7.77. The van der Waals surface area contributed by atoms with Crippen LogP contribution in [-0.2, 0) is 0 Å². The normalized spacial score (nSPS) is 13.0. The number of aliphatic imine (C=N–C) groups is 1. The van der Waals surface area contributed by atoms with Crippen molar-refractivity contribution in [1.82, 2.24) is 0 Å². The van der Waals surface area contributed by atoms with Crippen molar-refractivity contribution in [2.45, 2.75) is 40.2 Å². The van der Waals surface area contributed by atoms with Crippen molar-refractivity contribution >= 4 is 11.5 Å². The third-order valence-corrected chi connectivity index (χ3v) is 4.31. The van der Waals surface area contributed by atoms with Gasteiger partial charge in [0, 0.05) is 11.3 Å². The first-order valence-corrected chi connectivity index (χ1v) is 7.77. The monoisotopic (exact) mass is 294 g/mol. The predicted octanol–water partition coefficient (Wildman–Crippen LogP) is 5.37. The number of rotatable bonds is 3. The van der Waals surface area contributed by atoms with E-state index in [9.17, 15) is 0 Å². The van der Waals surface area contributed by atoms with Crippen molar-refractivity contribution in [3.05, 3.63) is 66.2 Å². The van der Waals surface area contributed by atoms with Gasteiger partial charge in [0.2, 0.25) is 0 Å². The molecule has 0 saturated heterocycles. The summed E-state index contributed by atoms with van der Waals surface area (Å²) in [6, 6.07) is 20.5. The highest BCUT2D eigenvalue weighted by atomic mass is 15.0. The summed E-state index contributed by atoms with van der Waals surface area (Å²) in [6.07, 6.45) is 0. The average molecular weight is 294 g/mol. The summed E-state index contributed by atoms with van der Waals surface area (Å²) in [7, 11) is 0. The molecular weight excluding hydrogens is 268 g/mol. The van der Waals surface area contributed by atoms with Gasteiger partial charge in [0.1, 0.15) is 5.84 Å². The van der Waals surface area contributed by atoms with E-state index >= 15 is 0 Å². The number of nitrogens with one attached hydrogen (secondary N) is 1. The molecule has 0 aliphatic carbocycles. The molecule has 0 atom stereocenters. The molecule has 116 valence electrons. The van der Waals surface area contributed by atoms with Crippen LogP contribution in [0.1, 0.15) is 40.2 Å². The Bertz CT molecular complexity index is 620. The van der Waals surface area contributed by atoms with E-state index in [-0.39, 0.29) is 11.0 Å². The lowest BCUT2D eigenvalue weighted by atomic mass is 9.77. The molecule has 0 aromatic heterocycles. The second-order valence-electron chi connectivity index (χ2n) is 7.13. The highest BCUT2D eigenvalue weighted by molar-refractivity contribution is 6.08. The Morgan fingerprint density at radius 3 is 1.77 bits per heavy atom. The van der Waals surface area contributed by atoms with Crippen molar-refractivity contribution in [2.24, 2.45) is 10.4 Å². The number of hydrogen-bond acceptors (Lipinski definition) is 1. The van der Waals surface area contributed by atoms with E-state index in [1.807, 2.05) is 36.4 Å². The number of anilines is 1. The van der Waals surface area contributed by atoms with Crippen LogP contribution in [-0.4, -0.2) is 11.4 Å². The largest absolute Gasteiger partial charge is 0.340 e. The fraction of sp³-hybridized carbons (Fsp3) is 0.350. The Hall–Kier alpha value is -2.09. The van der Waals surface area contributed by atoms with E-state index in [0.717, 1.165) is 17.1 Å². The summed E-state index contributed by atoms with van der Waals surface area (Å²) in [5.41, 5.74) is 2.05. The van der Waals surface area contributed by atoms with E-state index in [2.05, 4.69) is 64.2 Å². The third kappa shape index (κ3) is 3.97. The highest BCUT2D eigenvalue weighted by Gasteiger charge is 2.33. The maximum atomic E-state index is 5.05. The maximum absolute atomic E-state index is 5.05. The van der Waals surface area contributed by atoms with Crippen LogP contribution in [0.5, 0.6) is 0 Å². The van der Waals surface area contributed by atoms with Gasteiger partial charge in [0.05, 0.1) is 5.54 Å². The Kier molecular flexibility index (Phi) is 4.70. The van der Waals surface area contributed by atoms with Crippen LogP contribution in [0.3, 0.4) is 0 Å². The molecule has 2 aromatic carbocycles. The van der Waals surface area contributed by atoms with Gasteiger partial charge in [0.15, 0.2) is 0 Å². The molecule has 2 rings (SSSR count). The lowest BCUT2D eigenvalue weighted by molar-refractivity contribution is 0.233. The summed E-state index contributed by atoms with van der Waals surface area (Å²) < 4.78 is 0. The number of hydrogen-bond donors (Lipinski definition) is 1. The molecule has 0 bridgehead atoms. The molecule has 1 N–H and O–H groups in total. The molecular formula is C20H26N2. The van der Waals surface area contributed by atoms with Gasteiger partial charge in [-0.25, -0.2) is 0 Å². The first kappa shape index (κ1) is 16.3. The number of benzene rings is 2. The van der Waals surface area contributed by atoms with Gasteiger partial charge in [-0.3, -0.25) is 4.99 Å². The van der Waals surface area contributed by atoms with E-state index in [1.54, 1.807) is 0 Å². The molecule has 0 saturated carbocycles. The quantitative estimate of drug-likeness (QED) is 0.597. The third-order valence-electron chi connectivity index (χ3n) is 4.31. The molecule has 2 heteroatoms. The van der Waals surface area contributed by atoms with E-state index < -0.39 is 0 Å². The topological polar surface area (TPSA) is 24.4 Å². The van der Waals surface area contributed by atoms with E-state index in [0.29, 0.717) is 0 Å². The molecule has 0 aliphatic heterocycles. The van der Waals surface area contributed by atoms with Gasteiger partial charge < -0.3 is 5.32 Å². The average Bonchev–Trinajstić information content (AvgIpc) is 2.47. The number of nitrogens with zero attached hydrogens (tertiary/aromatic N) is 1. The Morgan fingerprint density at radius 1 is 0.773 bits per heavy atom. The van der Waals surface area contributed by atoms with Crippen molar-refractivity contribution in [2.75, 3.05) is 5.32 Å². The summed E-state index contributed by atoms with van der Waals surface area (Å²) >= 11 is 0. The zero-order valence-electron chi connectivity index (χ0n) is 14.2. The summed E-state index contributed by atoms with van der Waals surface area (Å²) in [5, 5.41) is 3.47. The molecule has 0 radical (unpaired) electrons. The van der Waals surface area contributed by atoms with Crippen molar-refractivity contribution in [1.29, 1.82) is 0 Å². The smallest absolute Gasteiger partial charge is 0.133 e. The van der Waals surface area contributed by atoms with Crippen LogP contribution in [0, 0.1) is 5.41 Å². The number of amidine groups is 1. The van der Waals surface area contributed by atoms with E-state index in [1.165, 1.54) is 0 Å². The van der Waals surface area contributed by atoms with Crippen LogP contribution in [0.25, 0.3) is 0 Å². The lowest BCUT2D eigenvalue weighted by Gasteiger charge is -2.36. The van der Waals surface area contributed by atoms with Crippen LogP contribution in [0.15, 0.2) is 65.7 Å². The molecule has 0 amide bonds. The molecule has 0 aliphatic rings. The minimum Gasteiger partial charge on any atom is -0.340 e. The second-order valence-corrected chi connectivity index (χ2v) is 7.13. The Labute approximate surface area is 134 Å². The van der Waals surface area contributed by atoms with Crippen LogP contribution >= 0.6 is 0 Å². The van der Waals surface area contributed by atoms with Crippen LogP contribution in [0.4, 0.5) is 5.69 Å². The minimum absolute atomic E-state index is 0.0748. The van der Waals surface area contributed by atoms with Gasteiger partial charge in [-0.2, -0.15) is 0 Å². The zero-order valence-corrected chi connectivity index (χ0v) is 14.2. The van der Waals surface area contributed by atoms with Gasteiger partial charge in [-0.15, -0.1) is 0 Å². The fourth-order valence-electron chi connectivity index (χ4n) is 1.87. The van der Waals surface area contributed by atoms with Gasteiger partial charge in [0.25, 0.3) is 0 Å². The maximum Gasteiger partial charge on any atom is 0.133 e. The summed E-state index contributed by atoms with van der Waals surface area (Å²) in [5.74, 6) is 0.909. The van der Waals surface area contributed by atoms with Crippen LogP contribution < -0.4 is 5.32 Å². The Balaban J connectivity index is 2.43. The van der Waals surface area contributed by atoms with Crippen LogP contribution in [0.2, 0.25) is 0 Å². The van der Waals surface area contributed by atoms with E-state index in [4.69, 9.17) is 4.99 Å². The zero-order chi connectivity index (χ0) is 16.2. The summed E-state index contributed by atoms with van der Waals surface area (Å²) in [4.78, 5) is 5.05. The second kappa shape index (κ2) is 6.35. The first-order chi connectivity index (χ1) is 10.3. The Morgan fingerprint density at radius 2 is 1.27 bits per heavy atom. The fourth-order valence-corrected chi connectivity index (χ4v) is 1.87. The molecule has 0 unspecified atom stereocenters.